The lowest BCUT2D eigenvalue weighted by Gasteiger charge is -2.25. The molecule has 0 fully saturated rings. The van der Waals surface area contributed by atoms with E-state index in [9.17, 15) is 0 Å². The first-order chi connectivity index (χ1) is 9.65. The summed E-state index contributed by atoms with van der Waals surface area (Å²) < 4.78 is 0. The fourth-order valence-electron chi connectivity index (χ4n) is 1.94. The molecule has 0 aromatic rings. The molecule has 1 rings (SSSR count). The number of nitrogens with zero attached hydrogens (tertiary/aromatic N) is 2. The highest BCUT2D eigenvalue weighted by Crippen LogP contribution is 2.24. The molecular weight excluding hydrogens is 244 g/mol. The number of hydrogen-bond donors (Lipinski definition) is 0. The summed E-state index contributed by atoms with van der Waals surface area (Å²) in [6.07, 6.45) is 14.3. The smallest absolute Gasteiger partial charge is 0.0406 e. The minimum atomic E-state index is 0.946. The number of rotatable bonds is 6. The Hall–Kier alpha value is -1.83. The Balaban J connectivity index is 3.04. The van der Waals surface area contributed by atoms with Crippen molar-refractivity contribution in [3.05, 3.63) is 60.1 Å². The number of allylic oxidation sites excluding steroid dienone is 6. The van der Waals surface area contributed by atoms with Crippen LogP contribution in [0.1, 0.15) is 40.5 Å². The highest BCUT2D eigenvalue weighted by atomic mass is 15.1. The molecule has 0 spiro atoms. The summed E-state index contributed by atoms with van der Waals surface area (Å²) in [4.78, 5) is 6.76. The predicted octanol–water partition coefficient (Wildman–Crippen LogP) is 5.00. The van der Waals surface area contributed by atoms with Crippen molar-refractivity contribution in [1.29, 1.82) is 0 Å². The first-order valence-electron chi connectivity index (χ1n) is 7.38. The van der Waals surface area contributed by atoms with Gasteiger partial charge < -0.3 is 4.90 Å². The summed E-state index contributed by atoms with van der Waals surface area (Å²) in [6, 6.07) is 0. The van der Waals surface area contributed by atoms with Gasteiger partial charge in [-0.05, 0) is 50.0 Å². The molecule has 0 aromatic carbocycles. The molecule has 2 heteroatoms. The van der Waals surface area contributed by atoms with Crippen LogP contribution >= 0.6 is 0 Å². The average molecular weight is 270 g/mol. The van der Waals surface area contributed by atoms with Crippen LogP contribution in [0, 0.1) is 0 Å². The van der Waals surface area contributed by atoms with Gasteiger partial charge in [-0.1, -0.05) is 32.6 Å². The molecule has 1 aliphatic rings. The third kappa shape index (κ3) is 4.37. The van der Waals surface area contributed by atoms with Gasteiger partial charge in [0, 0.05) is 30.4 Å². The third-order valence-electron chi connectivity index (χ3n) is 3.39. The van der Waals surface area contributed by atoms with Crippen molar-refractivity contribution in [3.8, 4) is 0 Å². The second-order valence-electron chi connectivity index (χ2n) is 4.76. The fraction of sp³-hybridized carbons (Fsp3) is 0.389. The zero-order valence-corrected chi connectivity index (χ0v) is 13.2. The van der Waals surface area contributed by atoms with Crippen LogP contribution in [0.4, 0.5) is 0 Å². The van der Waals surface area contributed by atoms with Crippen molar-refractivity contribution in [3.63, 3.8) is 0 Å². The van der Waals surface area contributed by atoms with E-state index in [1.54, 1.807) is 0 Å². The molecule has 0 radical (unpaired) electrons. The lowest BCUT2D eigenvalue weighted by molar-refractivity contribution is 0.499. The van der Waals surface area contributed by atoms with Crippen LogP contribution in [0.3, 0.4) is 0 Å². The molecule has 0 bridgehead atoms. The summed E-state index contributed by atoms with van der Waals surface area (Å²) in [6.45, 7) is 13.2. The Morgan fingerprint density at radius 1 is 1.25 bits per heavy atom. The molecule has 0 N–H and O–H groups in total. The monoisotopic (exact) mass is 270 g/mol. The second-order valence-corrected chi connectivity index (χ2v) is 4.76. The highest BCUT2D eigenvalue weighted by molar-refractivity contribution is 5.82. The Morgan fingerprint density at radius 3 is 2.55 bits per heavy atom. The first-order valence-corrected chi connectivity index (χ1v) is 7.38. The molecule has 0 aromatic heterocycles. The Morgan fingerprint density at radius 2 is 2.00 bits per heavy atom. The minimum absolute atomic E-state index is 0.946. The molecule has 2 nitrogen and oxygen atoms in total. The molecule has 0 saturated carbocycles. The first kappa shape index (κ1) is 16.2. The van der Waals surface area contributed by atoms with E-state index in [0.717, 1.165) is 25.1 Å². The molecule has 0 aliphatic carbocycles. The van der Waals surface area contributed by atoms with E-state index in [0.29, 0.717) is 0 Å². The second kappa shape index (κ2) is 8.36. The maximum atomic E-state index is 4.53. The molecule has 1 aliphatic heterocycles. The molecule has 0 unspecified atom stereocenters. The summed E-state index contributed by atoms with van der Waals surface area (Å²) in [5.41, 5.74) is 4.85. The van der Waals surface area contributed by atoms with Crippen molar-refractivity contribution >= 4 is 5.71 Å². The molecule has 1 heterocycles. The number of hydrogen-bond acceptors (Lipinski definition) is 2. The van der Waals surface area contributed by atoms with Crippen LogP contribution in [0.2, 0.25) is 0 Å². The predicted molar refractivity (Wildman–Crippen MR) is 89.7 cm³/mol. The number of likely N-dealkylation sites (N-methyl/N-ethyl adjacent to an activating group) is 1. The maximum absolute atomic E-state index is 4.53. The van der Waals surface area contributed by atoms with E-state index in [2.05, 4.69) is 62.5 Å². The molecule has 20 heavy (non-hydrogen) atoms. The molecular formula is C18H26N2. The Kier molecular flexibility index (Phi) is 6.78. The molecule has 0 amide bonds. The normalized spacial score (nSPS) is 18.5. The molecule has 0 atom stereocenters. The largest absolute Gasteiger partial charge is 0.348 e. The standard InChI is InChI=1S/C18H26N2/c1-6-10-18-12-11-17(14-20(18)9-4)16(8-3)13-19-15(5)7-2/h6,10-14H,1,7-9H2,2-5H3/b16-13+,18-10-,19-15?. The molecule has 108 valence electrons. The lowest BCUT2D eigenvalue weighted by atomic mass is 10.0. The lowest BCUT2D eigenvalue weighted by Crippen LogP contribution is -2.18. The van der Waals surface area contributed by atoms with Crippen LogP contribution in [0.5, 0.6) is 0 Å². The zero-order valence-electron chi connectivity index (χ0n) is 13.2. The molecule has 0 saturated heterocycles. The van der Waals surface area contributed by atoms with Crippen molar-refractivity contribution in [2.45, 2.75) is 40.5 Å². The third-order valence-corrected chi connectivity index (χ3v) is 3.39. The average Bonchev–Trinajstić information content (AvgIpc) is 2.48. The van der Waals surface area contributed by atoms with Crippen LogP contribution in [-0.2, 0) is 0 Å². The van der Waals surface area contributed by atoms with Gasteiger partial charge in [-0.3, -0.25) is 4.99 Å². The van der Waals surface area contributed by atoms with Gasteiger partial charge >= 0.3 is 0 Å². The summed E-state index contributed by atoms with van der Waals surface area (Å²) in [5, 5.41) is 0. The van der Waals surface area contributed by atoms with E-state index < -0.39 is 0 Å². The highest BCUT2D eigenvalue weighted by Gasteiger charge is 2.10. The van der Waals surface area contributed by atoms with Gasteiger partial charge in [0.15, 0.2) is 0 Å². The van der Waals surface area contributed by atoms with Crippen molar-refractivity contribution in [1.82, 2.24) is 4.90 Å². The van der Waals surface area contributed by atoms with E-state index in [4.69, 9.17) is 0 Å². The Labute approximate surface area is 123 Å². The summed E-state index contributed by atoms with van der Waals surface area (Å²) in [7, 11) is 0. The van der Waals surface area contributed by atoms with E-state index >= 15 is 0 Å². The van der Waals surface area contributed by atoms with E-state index in [1.165, 1.54) is 16.8 Å². The van der Waals surface area contributed by atoms with Crippen LogP contribution < -0.4 is 0 Å². The summed E-state index contributed by atoms with van der Waals surface area (Å²) >= 11 is 0. The number of aliphatic imine (C=N–C) groups is 1. The quantitative estimate of drug-likeness (QED) is 0.620. The van der Waals surface area contributed by atoms with Gasteiger partial charge in [0.2, 0.25) is 0 Å². The van der Waals surface area contributed by atoms with Gasteiger partial charge in [-0.15, -0.1) is 0 Å². The van der Waals surface area contributed by atoms with Gasteiger partial charge in [0.05, 0.1) is 0 Å². The Bertz CT molecular complexity index is 488. The zero-order chi connectivity index (χ0) is 15.0. The van der Waals surface area contributed by atoms with Gasteiger partial charge in [-0.2, -0.15) is 0 Å². The topological polar surface area (TPSA) is 15.6 Å². The van der Waals surface area contributed by atoms with Crippen LogP contribution in [-0.4, -0.2) is 17.2 Å². The minimum Gasteiger partial charge on any atom is -0.348 e. The maximum Gasteiger partial charge on any atom is 0.0406 e. The van der Waals surface area contributed by atoms with E-state index in [1.807, 2.05) is 18.4 Å². The van der Waals surface area contributed by atoms with Gasteiger partial charge in [-0.25, -0.2) is 0 Å². The van der Waals surface area contributed by atoms with Crippen molar-refractivity contribution in [2.75, 3.05) is 6.54 Å². The van der Waals surface area contributed by atoms with Crippen LogP contribution in [0.25, 0.3) is 0 Å². The van der Waals surface area contributed by atoms with Crippen LogP contribution in [0.15, 0.2) is 65.1 Å². The van der Waals surface area contributed by atoms with Gasteiger partial charge in [0.25, 0.3) is 0 Å². The fourth-order valence-corrected chi connectivity index (χ4v) is 1.94. The summed E-state index contributed by atoms with van der Waals surface area (Å²) in [5.74, 6) is 0. The van der Waals surface area contributed by atoms with Gasteiger partial charge in [0.1, 0.15) is 0 Å². The van der Waals surface area contributed by atoms with E-state index in [-0.39, 0.29) is 0 Å². The SMILES string of the molecule is C=C/C=C1/C=CC(/C(=C/N=C(C)CC)CC)=CN1CC. The van der Waals surface area contributed by atoms with Crippen molar-refractivity contribution in [2.24, 2.45) is 4.99 Å². The van der Waals surface area contributed by atoms with Crippen molar-refractivity contribution < 1.29 is 0 Å².